The zero-order valence-electron chi connectivity index (χ0n) is 25.6. The molecule has 13 heteroatoms. The van der Waals surface area contributed by atoms with Gasteiger partial charge in [0.2, 0.25) is 0 Å². The van der Waals surface area contributed by atoms with Crippen molar-refractivity contribution < 1.29 is 41.9 Å². The first-order valence-corrected chi connectivity index (χ1v) is 15.0. The van der Waals surface area contributed by atoms with Gasteiger partial charge in [-0.05, 0) is 42.7 Å². The van der Waals surface area contributed by atoms with Crippen LogP contribution >= 0.6 is 0 Å². The van der Waals surface area contributed by atoms with Gasteiger partial charge in [-0.15, -0.1) is 5.06 Å². The average Bonchev–Trinajstić information content (AvgIpc) is 3.06. The minimum atomic E-state index is -5.35. The molecular weight excluding hydrogens is 605 g/mol. The maximum absolute atomic E-state index is 13.7. The Balaban J connectivity index is 1.56. The van der Waals surface area contributed by atoms with Crippen molar-refractivity contribution in [2.45, 2.75) is 39.1 Å². The summed E-state index contributed by atoms with van der Waals surface area (Å²) in [4.78, 5) is 44.5. The Bertz CT molecular complexity index is 1490. The zero-order valence-corrected chi connectivity index (χ0v) is 25.6. The van der Waals surface area contributed by atoms with E-state index in [0.29, 0.717) is 35.7 Å². The summed E-state index contributed by atoms with van der Waals surface area (Å²) in [7, 11) is 0. The van der Waals surface area contributed by atoms with E-state index in [0.717, 1.165) is 30.6 Å². The molecule has 1 fully saturated rings. The van der Waals surface area contributed by atoms with E-state index in [2.05, 4.69) is 27.3 Å². The van der Waals surface area contributed by atoms with Gasteiger partial charge in [-0.2, -0.15) is 13.2 Å². The van der Waals surface area contributed by atoms with Gasteiger partial charge in [-0.3, -0.25) is 4.79 Å². The van der Waals surface area contributed by atoms with E-state index >= 15 is 0 Å². The van der Waals surface area contributed by atoms with Crippen molar-refractivity contribution in [3.8, 4) is 16.9 Å². The van der Waals surface area contributed by atoms with Crippen molar-refractivity contribution >= 4 is 23.7 Å². The lowest BCUT2D eigenvalue weighted by molar-refractivity contribution is -0.231. The molecule has 2 amide bonds. The van der Waals surface area contributed by atoms with Gasteiger partial charge in [0.15, 0.2) is 0 Å². The SMILES string of the molecule is CCOc1ccccc1-c1ccc(N2CCNC[C@H]2CC)c(C(=O)NCCN(OC(=O)C(F)(F)F)C(=O)OCc2ccccc2)c1. The molecular formula is C33H37F3N4O6. The molecule has 2 N–H and O–H groups in total. The highest BCUT2D eigenvalue weighted by molar-refractivity contribution is 6.01. The van der Waals surface area contributed by atoms with Crippen LogP contribution < -0.4 is 20.3 Å². The molecule has 3 aromatic rings. The fraction of sp³-hybridized carbons (Fsp3) is 0.364. The monoisotopic (exact) mass is 642 g/mol. The summed E-state index contributed by atoms with van der Waals surface area (Å²) in [5, 5.41) is 6.18. The first-order chi connectivity index (χ1) is 22.1. The molecule has 0 spiro atoms. The number of para-hydroxylation sites is 1. The molecule has 4 rings (SSSR count). The Morgan fingerprint density at radius 3 is 2.48 bits per heavy atom. The van der Waals surface area contributed by atoms with Crippen LogP contribution in [0.1, 0.15) is 36.2 Å². The van der Waals surface area contributed by atoms with Crippen LogP contribution in [0, 0.1) is 0 Å². The molecule has 0 bridgehead atoms. The van der Waals surface area contributed by atoms with Crippen LogP contribution in [0.3, 0.4) is 0 Å². The number of ether oxygens (including phenoxy) is 2. The van der Waals surface area contributed by atoms with E-state index in [1.807, 2.05) is 43.3 Å². The first kappa shape index (κ1) is 34.1. The fourth-order valence-electron chi connectivity index (χ4n) is 5.05. The van der Waals surface area contributed by atoms with Crippen LogP contribution in [0.15, 0.2) is 72.8 Å². The van der Waals surface area contributed by atoms with Gasteiger partial charge < -0.3 is 29.8 Å². The molecule has 0 unspecified atom stereocenters. The maximum Gasteiger partial charge on any atom is 0.493 e. The van der Waals surface area contributed by atoms with Crippen molar-refractivity contribution in [3.05, 3.63) is 83.9 Å². The van der Waals surface area contributed by atoms with E-state index < -0.39 is 30.7 Å². The van der Waals surface area contributed by atoms with Crippen molar-refractivity contribution in [2.75, 3.05) is 44.2 Å². The largest absolute Gasteiger partial charge is 0.493 e. The van der Waals surface area contributed by atoms with Crippen LogP contribution in [-0.2, 0) is 21.0 Å². The molecule has 10 nitrogen and oxygen atoms in total. The fourth-order valence-corrected chi connectivity index (χ4v) is 5.05. The standard InChI is InChI=1S/C33H37F3N4O6/c1-3-25-21-37-16-18-39(25)28-15-14-24(26-12-8-9-13-29(26)44-4-2)20-27(28)30(41)38-17-19-40(46-31(42)33(34,35)36)32(43)45-22-23-10-6-5-7-11-23/h5-15,20,25,37H,3-4,16-19,21-22H2,1-2H3,(H,38,41)/t25-/m1/s1. The number of benzene rings is 3. The number of alkyl halides is 3. The Morgan fingerprint density at radius 1 is 1.02 bits per heavy atom. The summed E-state index contributed by atoms with van der Waals surface area (Å²) in [6, 6.07) is 21.5. The van der Waals surface area contributed by atoms with Crippen LogP contribution in [0.4, 0.5) is 23.7 Å². The molecule has 0 saturated carbocycles. The smallest absolute Gasteiger partial charge is 0.493 e. The minimum Gasteiger partial charge on any atom is -0.493 e. The second kappa shape index (κ2) is 16.0. The summed E-state index contributed by atoms with van der Waals surface area (Å²) >= 11 is 0. The third kappa shape index (κ3) is 8.90. The molecule has 1 saturated heterocycles. The average molecular weight is 643 g/mol. The molecule has 1 aliphatic heterocycles. The lowest BCUT2D eigenvalue weighted by Gasteiger charge is -2.38. The number of anilines is 1. The van der Waals surface area contributed by atoms with Gasteiger partial charge >= 0.3 is 18.2 Å². The van der Waals surface area contributed by atoms with Gasteiger partial charge in [0.25, 0.3) is 5.91 Å². The third-order valence-corrected chi connectivity index (χ3v) is 7.30. The van der Waals surface area contributed by atoms with Gasteiger partial charge in [-0.25, -0.2) is 9.59 Å². The summed E-state index contributed by atoms with van der Waals surface area (Å²) < 4.78 is 49.8. The summed E-state index contributed by atoms with van der Waals surface area (Å²) in [6.45, 7) is 5.28. The lowest BCUT2D eigenvalue weighted by Crippen LogP contribution is -2.51. The number of carbonyl (C=O) groups excluding carboxylic acids is 3. The van der Waals surface area contributed by atoms with E-state index in [-0.39, 0.29) is 24.3 Å². The van der Waals surface area contributed by atoms with Crippen LogP contribution in [0.5, 0.6) is 5.75 Å². The van der Waals surface area contributed by atoms with Crippen molar-refractivity contribution in [3.63, 3.8) is 0 Å². The molecule has 246 valence electrons. The number of amides is 2. The second-order valence-corrected chi connectivity index (χ2v) is 10.4. The van der Waals surface area contributed by atoms with E-state index in [9.17, 15) is 27.6 Å². The third-order valence-electron chi connectivity index (χ3n) is 7.30. The molecule has 0 aromatic heterocycles. The number of nitrogens with zero attached hydrogens (tertiary/aromatic N) is 2. The van der Waals surface area contributed by atoms with E-state index in [1.54, 1.807) is 36.4 Å². The van der Waals surface area contributed by atoms with Gasteiger partial charge in [0.1, 0.15) is 12.4 Å². The van der Waals surface area contributed by atoms with Gasteiger partial charge in [0, 0.05) is 43.5 Å². The number of halogens is 3. The Hall–Kier alpha value is -4.78. The lowest BCUT2D eigenvalue weighted by atomic mass is 9.98. The Morgan fingerprint density at radius 2 is 1.76 bits per heavy atom. The topological polar surface area (TPSA) is 109 Å². The highest BCUT2D eigenvalue weighted by atomic mass is 19.4. The molecule has 0 aliphatic carbocycles. The Labute approximate surface area is 265 Å². The molecule has 1 aliphatic rings. The molecule has 1 atom stereocenters. The van der Waals surface area contributed by atoms with Crippen LogP contribution in [0.25, 0.3) is 11.1 Å². The van der Waals surface area contributed by atoms with Crippen molar-refractivity contribution in [1.82, 2.24) is 15.7 Å². The predicted molar refractivity (Wildman–Crippen MR) is 165 cm³/mol. The summed E-state index contributed by atoms with van der Waals surface area (Å²) in [5.41, 5.74) is 3.10. The number of hydrogen-bond acceptors (Lipinski definition) is 8. The summed E-state index contributed by atoms with van der Waals surface area (Å²) in [5.74, 6) is -2.48. The molecule has 0 radical (unpaired) electrons. The van der Waals surface area contributed by atoms with Gasteiger partial charge in [-0.1, -0.05) is 61.5 Å². The Kier molecular flexibility index (Phi) is 11.8. The number of hydroxylamine groups is 2. The van der Waals surface area contributed by atoms with Crippen LogP contribution in [0.2, 0.25) is 0 Å². The quantitative estimate of drug-likeness (QED) is 0.270. The minimum absolute atomic E-state index is 0.124. The number of nitrogens with one attached hydrogen (secondary N) is 2. The normalized spacial score (nSPS) is 14.7. The number of carbonyl (C=O) groups is 3. The van der Waals surface area contributed by atoms with Gasteiger partial charge in [0.05, 0.1) is 18.7 Å². The van der Waals surface area contributed by atoms with Crippen molar-refractivity contribution in [1.29, 1.82) is 0 Å². The number of rotatable bonds is 11. The second-order valence-electron chi connectivity index (χ2n) is 10.4. The summed E-state index contributed by atoms with van der Waals surface area (Å²) in [6.07, 6.45) is -5.85. The maximum atomic E-state index is 13.7. The molecule has 46 heavy (non-hydrogen) atoms. The molecule has 1 heterocycles. The predicted octanol–water partition coefficient (Wildman–Crippen LogP) is 5.33. The number of piperazine rings is 1. The van der Waals surface area contributed by atoms with E-state index in [1.165, 1.54) is 0 Å². The first-order valence-electron chi connectivity index (χ1n) is 15.0. The highest BCUT2D eigenvalue weighted by Crippen LogP contribution is 2.34. The van der Waals surface area contributed by atoms with E-state index in [4.69, 9.17) is 9.47 Å². The number of hydrogen-bond donors (Lipinski definition) is 2. The zero-order chi connectivity index (χ0) is 33.1. The van der Waals surface area contributed by atoms with Crippen molar-refractivity contribution in [2.24, 2.45) is 0 Å². The van der Waals surface area contributed by atoms with Crippen LogP contribution in [-0.4, -0.2) is 74.6 Å². The highest BCUT2D eigenvalue weighted by Gasteiger charge is 2.43. The molecule has 3 aromatic carbocycles.